The summed E-state index contributed by atoms with van der Waals surface area (Å²) in [4.78, 5) is 5.63. The molecule has 12 heavy (non-hydrogen) atoms. The summed E-state index contributed by atoms with van der Waals surface area (Å²) in [5.41, 5.74) is 0. The Labute approximate surface area is 78.0 Å². The Balaban J connectivity index is 2.52. The molecule has 0 aromatic carbocycles. The Bertz CT molecular complexity index is 232. The molecule has 2 nitrogen and oxygen atoms in total. The molecule has 1 aromatic heterocycles. The van der Waals surface area contributed by atoms with E-state index in [1.165, 1.54) is 4.88 Å². The number of rotatable bonds is 4. The first-order valence-corrected chi connectivity index (χ1v) is 5.29. The minimum Gasteiger partial charge on any atom is -0.359 e. The molecule has 0 saturated carbocycles. The topological polar surface area (TPSA) is 24.9 Å². The van der Waals surface area contributed by atoms with Crippen molar-refractivity contribution < 1.29 is 0 Å². The normalized spacial score (nSPS) is 12.9. The minimum absolute atomic E-state index is 0.529. The van der Waals surface area contributed by atoms with Crippen LogP contribution in [-0.4, -0.2) is 11.0 Å². The van der Waals surface area contributed by atoms with Gasteiger partial charge in [-0.1, -0.05) is 13.8 Å². The molecule has 0 fully saturated rings. The Morgan fingerprint density at radius 1 is 1.58 bits per heavy atom. The summed E-state index contributed by atoms with van der Waals surface area (Å²) in [6.07, 6.45) is 4.18. The van der Waals surface area contributed by atoms with Gasteiger partial charge in [-0.15, -0.1) is 11.3 Å². The summed E-state index contributed by atoms with van der Waals surface area (Å²) in [5.74, 6) is 0. The molecule has 0 saturated heterocycles. The molecule has 68 valence electrons. The van der Waals surface area contributed by atoms with E-state index in [9.17, 15) is 0 Å². The fourth-order valence-electron chi connectivity index (χ4n) is 0.851. The lowest BCUT2D eigenvalue weighted by molar-refractivity contribution is 0.763. The summed E-state index contributed by atoms with van der Waals surface area (Å²) in [6.45, 7) is 6.50. The van der Waals surface area contributed by atoms with Crippen molar-refractivity contribution in [2.24, 2.45) is 0 Å². The molecule has 0 bridgehead atoms. The highest BCUT2D eigenvalue weighted by atomic mass is 32.1. The van der Waals surface area contributed by atoms with Crippen molar-refractivity contribution in [1.29, 1.82) is 0 Å². The quantitative estimate of drug-likeness (QED) is 0.778. The molecule has 1 N–H and O–H groups in total. The van der Waals surface area contributed by atoms with Gasteiger partial charge >= 0.3 is 0 Å². The lowest BCUT2D eigenvalue weighted by Crippen LogP contribution is -2.12. The number of hydrogen-bond acceptors (Lipinski definition) is 3. The standard InChI is InChI=1S/C9H16N2S/c1-4-7(3)11-9-10-6-8(5-2)12-9/h6-7H,4-5H2,1-3H3,(H,10,11). The Kier molecular flexibility index (Phi) is 3.53. The van der Waals surface area contributed by atoms with E-state index in [1.54, 1.807) is 11.3 Å². The molecular formula is C9H16N2S. The smallest absolute Gasteiger partial charge is 0.183 e. The van der Waals surface area contributed by atoms with Crippen molar-refractivity contribution in [3.05, 3.63) is 11.1 Å². The first kappa shape index (κ1) is 9.52. The van der Waals surface area contributed by atoms with Crippen LogP contribution in [0.25, 0.3) is 0 Å². The van der Waals surface area contributed by atoms with Gasteiger partial charge in [-0.05, 0) is 19.8 Å². The van der Waals surface area contributed by atoms with E-state index in [-0.39, 0.29) is 0 Å². The lowest BCUT2D eigenvalue weighted by Gasteiger charge is -2.08. The fourth-order valence-corrected chi connectivity index (χ4v) is 1.71. The van der Waals surface area contributed by atoms with E-state index < -0.39 is 0 Å². The van der Waals surface area contributed by atoms with Gasteiger partial charge < -0.3 is 5.32 Å². The van der Waals surface area contributed by atoms with Crippen LogP contribution in [-0.2, 0) is 6.42 Å². The molecule has 1 aromatic rings. The number of hydrogen-bond donors (Lipinski definition) is 1. The zero-order valence-corrected chi connectivity index (χ0v) is 8.74. The second kappa shape index (κ2) is 4.45. The molecule has 0 radical (unpaired) electrons. The average Bonchev–Trinajstić information content (AvgIpc) is 2.52. The fraction of sp³-hybridized carbons (Fsp3) is 0.667. The van der Waals surface area contributed by atoms with Crippen LogP contribution in [0.4, 0.5) is 5.13 Å². The molecule has 1 atom stereocenters. The van der Waals surface area contributed by atoms with Crippen molar-refractivity contribution >= 4 is 16.5 Å². The molecule has 0 aliphatic carbocycles. The van der Waals surface area contributed by atoms with Gasteiger partial charge in [0.15, 0.2) is 5.13 Å². The molecule has 1 unspecified atom stereocenters. The second-order valence-corrected chi connectivity index (χ2v) is 4.05. The van der Waals surface area contributed by atoms with Crippen LogP contribution in [0.5, 0.6) is 0 Å². The predicted octanol–water partition coefficient (Wildman–Crippen LogP) is 2.92. The summed E-state index contributed by atoms with van der Waals surface area (Å²) in [5, 5.41) is 4.41. The van der Waals surface area contributed by atoms with Crippen molar-refractivity contribution in [2.45, 2.75) is 39.7 Å². The SMILES string of the molecule is CCc1cnc(NC(C)CC)s1. The summed E-state index contributed by atoms with van der Waals surface area (Å²) in [7, 11) is 0. The third kappa shape index (κ3) is 2.48. The van der Waals surface area contributed by atoms with E-state index in [0.717, 1.165) is 18.0 Å². The van der Waals surface area contributed by atoms with Gasteiger partial charge in [0.1, 0.15) is 0 Å². The monoisotopic (exact) mass is 184 g/mol. The van der Waals surface area contributed by atoms with E-state index in [0.29, 0.717) is 6.04 Å². The van der Waals surface area contributed by atoms with Crippen LogP contribution >= 0.6 is 11.3 Å². The number of nitrogens with zero attached hydrogens (tertiary/aromatic N) is 1. The van der Waals surface area contributed by atoms with Gasteiger partial charge in [0.25, 0.3) is 0 Å². The first-order chi connectivity index (χ1) is 5.76. The van der Waals surface area contributed by atoms with Crippen molar-refractivity contribution in [1.82, 2.24) is 4.98 Å². The average molecular weight is 184 g/mol. The zero-order chi connectivity index (χ0) is 8.97. The maximum atomic E-state index is 4.28. The third-order valence-electron chi connectivity index (χ3n) is 1.88. The van der Waals surface area contributed by atoms with Crippen LogP contribution in [0.15, 0.2) is 6.20 Å². The number of aromatic nitrogens is 1. The van der Waals surface area contributed by atoms with Gasteiger partial charge in [-0.2, -0.15) is 0 Å². The van der Waals surface area contributed by atoms with Crippen LogP contribution in [0, 0.1) is 0 Å². The Morgan fingerprint density at radius 2 is 2.33 bits per heavy atom. The highest BCUT2D eigenvalue weighted by molar-refractivity contribution is 7.15. The first-order valence-electron chi connectivity index (χ1n) is 4.47. The van der Waals surface area contributed by atoms with E-state index in [2.05, 4.69) is 31.1 Å². The molecule has 3 heteroatoms. The minimum atomic E-state index is 0.529. The van der Waals surface area contributed by atoms with Crippen LogP contribution < -0.4 is 5.32 Å². The van der Waals surface area contributed by atoms with Crippen LogP contribution in [0.2, 0.25) is 0 Å². The summed E-state index contributed by atoms with van der Waals surface area (Å²) in [6, 6.07) is 0.529. The number of nitrogens with one attached hydrogen (secondary N) is 1. The van der Waals surface area contributed by atoms with Crippen molar-refractivity contribution in [3.8, 4) is 0 Å². The molecule has 1 rings (SSSR count). The summed E-state index contributed by atoms with van der Waals surface area (Å²) < 4.78 is 0. The van der Waals surface area contributed by atoms with Crippen molar-refractivity contribution in [2.75, 3.05) is 5.32 Å². The predicted molar refractivity (Wildman–Crippen MR) is 54.9 cm³/mol. The Hall–Kier alpha value is -0.570. The highest BCUT2D eigenvalue weighted by Gasteiger charge is 2.02. The molecule has 0 aliphatic rings. The third-order valence-corrected chi connectivity index (χ3v) is 2.96. The number of aryl methyl sites for hydroxylation is 1. The molecule has 0 spiro atoms. The van der Waals surface area contributed by atoms with Gasteiger partial charge in [-0.25, -0.2) is 4.98 Å². The van der Waals surface area contributed by atoms with E-state index >= 15 is 0 Å². The molecular weight excluding hydrogens is 168 g/mol. The molecule has 0 aliphatic heterocycles. The maximum Gasteiger partial charge on any atom is 0.183 e. The van der Waals surface area contributed by atoms with E-state index in [4.69, 9.17) is 0 Å². The van der Waals surface area contributed by atoms with Gasteiger partial charge in [0.05, 0.1) is 0 Å². The molecule has 0 amide bonds. The lowest BCUT2D eigenvalue weighted by atomic mass is 10.3. The van der Waals surface area contributed by atoms with Crippen molar-refractivity contribution in [3.63, 3.8) is 0 Å². The zero-order valence-electron chi connectivity index (χ0n) is 7.92. The highest BCUT2D eigenvalue weighted by Crippen LogP contribution is 2.19. The van der Waals surface area contributed by atoms with Gasteiger partial charge in [0.2, 0.25) is 0 Å². The van der Waals surface area contributed by atoms with Crippen LogP contribution in [0.1, 0.15) is 32.1 Å². The maximum absolute atomic E-state index is 4.28. The number of anilines is 1. The van der Waals surface area contributed by atoms with Crippen LogP contribution in [0.3, 0.4) is 0 Å². The largest absolute Gasteiger partial charge is 0.359 e. The Morgan fingerprint density at radius 3 is 2.83 bits per heavy atom. The summed E-state index contributed by atoms with van der Waals surface area (Å²) >= 11 is 1.75. The second-order valence-electron chi connectivity index (χ2n) is 2.94. The van der Waals surface area contributed by atoms with Gasteiger partial charge in [0, 0.05) is 17.1 Å². The van der Waals surface area contributed by atoms with Gasteiger partial charge in [-0.3, -0.25) is 0 Å². The van der Waals surface area contributed by atoms with E-state index in [1.807, 2.05) is 6.20 Å². The molecule has 1 heterocycles. The number of thiazole rings is 1.